The molecule has 0 aromatic heterocycles. The van der Waals surface area contributed by atoms with Gasteiger partial charge < -0.3 is 15.0 Å². The Kier molecular flexibility index (Phi) is 8.52. The van der Waals surface area contributed by atoms with Crippen LogP contribution in [0.15, 0.2) is 97.1 Å². The first-order chi connectivity index (χ1) is 17.9. The first kappa shape index (κ1) is 25.9. The van der Waals surface area contributed by atoms with Crippen LogP contribution in [0.1, 0.15) is 25.0 Å². The van der Waals surface area contributed by atoms with Crippen molar-refractivity contribution in [2.24, 2.45) is 0 Å². The topological polar surface area (TPSA) is 58.6 Å². The molecule has 1 atom stereocenters. The Hall–Kier alpha value is -4.19. The first-order valence-corrected chi connectivity index (χ1v) is 12.4. The van der Waals surface area contributed by atoms with Gasteiger partial charge in [0.1, 0.15) is 17.6 Å². The summed E-state index contributed by atoms with van der Waals surface area (Å²) in [6.45, 7) is 3.66. The summed E-state index contributed by atoms with van der Waals surface area (Å²) in [6, 6.07) is 28.2. The molecule has 0 unspecified atom stereocenters. The highest BCUT2D eigenvalue weighted by atomic mass is 19.1. The molecule has 0 radical (unpaired) electrons. The Morgan fingerprint density at radius 2 is 1.51 bits per heavy atom. The van der Waals surface area contributed by atoms with Crippen LogP contribution in [0.5, 0.6) is 5.75 Å². The van der Waals surface area contributed by atoms with Crippen molar-refractivity contribution in [3.8, 4) is 5.75 Å². The molecule has 0 saturated carbocycles. The van der Waals surface area contributed by atoms with Crippen LogP contribution in [0, 0.1) is 5.82 Å². The largest absolute Gasteiger partial charge is 0.483 e. The van der Waals surface area contributed by atoms with E-state index in [1.807, 2.05) is 86.6 Å². The fraction of sp³-hybridized carbons (Fsp3) is 0.226. The summed E-state index contributed by atoms with van der Waals surface area (Å²) < 4.78 is 19.6. The van der Waals surface area contributed by atoms with Crippen LogP contribution in [0.25, 0.3) is 10.8 Å². The highest BCUT2D eigenvalue weighted by Gasteiger charge is 2.31. The molecule has 4 aromatic carbocycles. The molecule has 4 rings (SSSR count). The highest BCUT2D eigenvalue weighted by molar-refractivity contribution is 5.90. The van der Waals surface area contributed by atoms with E-state index in [2.05, 4.69) is 5.32 Å². The molecule has 5 nitrogen and oxygen atoms in total. The van der Waals surface area contributed by atoms with E-state index in [4.69, 9.17) is 4.74 Å². The van der Waals surface area contributed by atoms with Crippen LogP contribution in [0.3, 0.4) is 0 Å². The van der Waals surface area contributed by atoms with Gasteiger partial charge in [-0.3, -0.25) is 9.59 Å². The number of fused-ring (bicyclic) bond motifs is 1. The summed E-state index contributed by atoms with van der Waals surface area (Å²) >= 11 is 0. The van der Waals surface area contributed by atoms with E-state index in [9.17, 15) is 14.0 Å². The van der Waals surface area contributed by atoms with E-state index < -0.39 is 6.04 Å². The number of rotatable bonds is 10. The number of hydrogen-bond donors (Lipinski definition) is 1. The molecule has 1 N–H and O–H groups in total. The maximum atomic E-state index is 13.7. The minimum absolute atomic E-state index is 0.0968. The summed E-state index contributed by atoms with van der Waals surface area (Å²) in [5.41, 5.74) is 1.65. The van der Waals surface area contributed by atoms with Crippen LogP contribution >= 0.6 is 0 Å². The first-order valence-electron chi connectivity index (χ1n) is 12.4. The van der Waals surface area contributed by atoms with E-state index in [0.717, 1.165) is 21.9 Å². The van der Waals surface area contributed by atoms with Gasteiger partial charge in [-0.1, -0.05) is 78.9 Å². The SMILES string of the molecule is CC(C)NC(=O)[C@H](Cc1ccccc1)N(Cc1ccc(F)cc1)C(=O)COc1cccc2ccccc12. The van der Waals surface area contributed by atoms with Gasteiger partial charge in [-0.15, -0.1) is 0 Å². The number of ether oxygens (including phenoxy) is 1. The minimum Gasteiger partial charge on any atom is -0.483 e. The second kappa shape index (κ2) is 12.2. The molecule has 0 heterocycles. The van der Waals surface area contributed by atoms with Crippen molar-refractivity contribution in [1.29, 1.82) is 0 Å². The summed E-state index contributed by atoms with van der Waals surface area (Å²) in [4.78, 5) is 28.6. The van der Waals surface area contributed by atoms with Crippen molar-refractivity contribution < 1.29 is 18.7 Å². The van der Waals surface area contributed by atoms with Gasteiger partial charge in [0.25, 0.3) is 5.91 Å². The third kappa shape index (κ3) is 6.94. The highest BCUT2D eigenvalue weighted by Crippen LogP contribution is 2.25. The van der Waals surface area contributed by atoms with Crippen LogP contribution < -0.4 is 10.1 Å². The molecule has 4 aromatic rings. The van der Waals surface area contributed by atoms with Crippen molar-refractivity contribution >= 4 is 22.6 Å². The molecule has 190 valence electrons. The fourth-order valence-corrected chi connectivity index (χ4v) is 4.27. The standard InChI is InChI=1S/C31H31FN2O3/c1-22(2)33-31(36)28(19-23-9-4-3-5-10-23)34(20-24-15-17-26(32)18-16-24)30(35)21-37-29-14-8-12-25-11-6-7-13-27(25)29/h3-18,22,28H,19-21H2,1-2H3,(H,33,36)/t28-/m0/s1. The van der Waals surface area contributed by atoms with E-state index in [-0.39, 0.29) is 36.8 Å². The average Bonchev–Trinajstić information content (AvgIpc) is 2.90. The Bertz CT molecular complexity index is 1330. The van der Waals surface area contributed by atoms with Gasteiger partial charge >= 0.3 is 0 Å². The second-order valence-electron chi connectivity index (χ2n) is 9.28. The fourth-order valence-electron chi connectivity index (χ4n) is 4.27. The predicted molar refractivity (Wildman–Crippen MR) is 144 cm³/mol. The maximum Gasteiger partial charge on any atom is 0.261 e. The third-order valence-electron chi connectivity index (χ3n) is 6.07. The second-order valence-corrected chi connectivity index (χ2v) is 9.28. The Balaban J connectivity index is 1.64. The van der Waals surface area contributed by atoms with Crippen molar-refractivity contribution in [3.63, 3.8) is 0 Å². The van der Waals surface area contributed by atoms with Gasteiger partial charge in [-0.25, -0.2) is 4.39 Å². The summed E-state index contributed by atoms with van der Waals surface area (Å²) in [5, 5.41) is 4.87. The molecule has 0 spiro atoms. The average molecular weight is 499 g/mol. The van der Waals surface area contributed by atoms with Gasteiger partial charge in [0.15, 0.2) is 6.61 Å². The van der Waals surface area contributed by atoms with Gasteiger partial charge in [-0.05, 0) is 48.6 Å². The lowest BCUT2D eigenvalue weighted by Crippen LogP contribution is -2.52. The summed E-state index contributed by atoms with van der Waals surface area (Å²) in [5.74, 6) is -0.352. The number of carbonyl (C=O) groups is 2. The number of hydrogen-bond acceptors (Lipinski definition) is 3. The number of benzene rings is 4. The number of carbonyl (C=O) groups excluding carboxylic acids is 2. The zero-order valence-corrected chi connectivity index (χ0v) is 21.1. The summed E-state index contributed by atoms with van der Waals surface area (Å²) in [6.07, 6.45) is 0.334. The van der Waals surface area contributed by atoms with E-state index >= 15 is 0 Å². The Labute approximate surface area is 216 Å². The molecule has 0 bridgehead atoms. The van der Waals surface area contributed by atoms with Gasteiger partial charge in [0.2, 0.25) is 5.91 Å². The molecule has 0 aliphatic heterocycles. The summed E-state index contributed by atoms with van der Waals surface area (Å²) in [7, 11) is 0. The smallest absolute Gasteiger partial charge is 0.261 e. The molecule has 0 saturated heterocycles. The van der Waals surface area contributed by atoms with Gasteiger partial charge in [0.05, 0.1) is 0 Å². The third-order valence-corrected chi connectivity index (χ3v) is 6.07. The van der Waals surface area contributed by atoms with E-state index in [0.29, 0.717) is 12.2 Å². The molecule has 0 fully saturated rings. The lowest BCUT2D eigenvalue weighted by molar-refractivity contribution is -0.143. The Morgan fingerprint density at radius 3 is 2.24 bits per heavy atom. The zero-order chi connectivity index (χ0) is 26.2. The lowest BCUT2D eigenvalue weighted by atomic mass is 10.0. The van der Waals surface area contributed by atoms with Crippen LogP contribution in [-0.2, 0) is 22.6 Å². The molecular formula is C31H31FN2O3. The van der Waals surface area contributed by atoms with Crippen LogP contribution in [0.4, 0.5) is 4.39 Å². The molecule has 6 heteroatoms. The number of amides is 2. The molecule has 2 amide bonds. The zero-order valence-electron chi connectivity index (χ0n) is 21.1. The van der Waals surface area contributed by atoms with Crippen molar-refractivity contribution in [3.05, 3.63) is 114 Å². The molecular weight excluding hydrogens is 467 g/mol. The number of nitrogens with one attached hydrogen (secondary N) is 1. The van der Waals surface area contributed by atoms with Crippen LogP contribution in [-0.4, -0.2) is 35.4 Å². The van der Waals surface area contributed by atoms with Gasteiger partial charge in [-0.2, -0.15) is 0 Å². The minimum atomic E-state index is -0.779. The lowest BCUT2D eigenvalue weighted by Gasteiger charge is -2.32. The van der Waals surface area contributed by atoms with Crippen LogP contribution in [0.2, 0.25) is 0 Å². The van der Waals surface area contributed by atoms with E-state index in [1.54, 1.807) is 12.1 Å². The number of halogens is 1. The van der Waals surface area contributed by atoms with E-state index in [1.165, 1.54) is 17.0 Å². The maximum absolute atomic E-state index is 13.7. The molecule has 37 heavy (non-hydrogen) atoms. The quantitative estimate of drug-likeness (QED) is 0.313. The normalized spacial score (nSPS) is 11.8. The number of nitrogens with zero attached hydrogens (tertiary/aromatic N) is 1. The monoisotopic (exact) mass is 498 g/mol. The van der Waals surface area contributed by atoms with Crippen molar-refractivity contribution in [2.75, 3.05) is 6.61 Å². The molecule has 0 aliphatic rings. The van der Waals surface area contributed by atoms with Gasteiger partial charge in [0, 0.05) is 24.4 Å². The predicted octanol–water partition coefficient (Wildman–Crippen LogP) is 5.52. The Morgan fingerprint density at radius 1 is 0.838 bits per heavy atom. The van der Waals surface area contributed by atoms with Crippen molar-refractivity contribution in [1.82, 2.24) is 10.2 Å². The van der Waals surface area contributed by atoms with Crippen molar-refractivity contribution in [2.45, 2.75) is 38.9 Å². The molecule has 0 aliphatic carbocycles.